The van der Waals surface area contributed by atoms with Crippen LogP contribution in [0.1, 0.15) is 31.4 Å². The first-order valence-electron chi connectivity index (χ1n) is 5.97. The van der Waals surface area contributed by atoms with Crippen LogP contribution in [0.4, 0.5) is 0 Å². The first kappa shape index (κ1) is 13.1. The largest absolute Gasteiger partial charge is 0.388 e. The van der Waals surface area contributed by atoms with E-state index < -0.39 is 6.10 Å². The van der Waals surface area contributed by atoms with Crippen LogP contribution < -0.4 is 0 Å². The van der Waals surface area contributed by atoms with Crippen molar-refractivity contribution in [2.75, 3.05) is 0 Å². The van der Waals surface area contributed by atoms with E-state index in [1.807, 2.05) is 31.2 Å². The Bertz CT molecular complexity index is 607. The molecule has 0 saturated carbocycles. The Morgan fingerprint density at radius 3 is 2.67 bits per heavy atom. The molecule has 0 aromatic heterocycles. The SMILES string of the molecule is CC#CCCC(O)c1ccc2cc(Br)ccc2c1. The fraction of sp³-hybridized carbons (Fsp3) is 0.250. The highest BCUT2D eigenvalue weighted by Gasteiger charge is 2.07. The molecule has 92 valence electrons. The van der Waals surface area contributed by atoms with E-state index in [0.29, 0.717) is 6.42 Å². The van der Waals surface area contributed by atoms with Crippen molar-refractivity contribution in [1.29, 1.82) is 0 Å². The minimum absolute atomic E-state index is 0.432. The van der Waals surface area contributed by atoms with Crippen molar-refractivity contribution in [1.82, 2.24) is 0 Å². The number of benzene rings is 2. The zero-order valence-electron chi connectivity index (χ0n) is 10.3. The van der Waals surface area contributed by atoms with Gasteiger partial charge in [0.2, 0.25) is 0 Å². The lowest BCUT2D eigenvalue weighted by Crippen LogP contribution is -1.96. The number of rotatable bonds is 3. The molecule has 0 amide bonds. The molecule has 1 unspecified atom stereocenters. The van der Waals surface area contributed by atoms with Crippen LogP contribution in [-0.2, 0) is 0 Å². The molecule has 0 bridgehead atoms. The van der Waals surface area contributed by atoms with Crippen LogP contribution in [0.2, 0.25) is 0 Å². The van der Waals surface area contributed by atoms with E-state index >= 15 is 0 Å². The van der Waals surface area contributed by atoms with Gasteiger partial charge in [0.25, 0.3) is 0 Å². The van der Waals surface area contributed by atoms with Crippen molar-refractivity contribution < 1.29 is 5.11 Å². The van der Waals surface area contributed by atoms with Crippen molar-refractivity contribution in [2.24, 2.45) is 0 Å². The van der Waals surface area contributed by atoms with E-state index in [0.717, 1.165) is 21.8 Å². The number of halogens is 1. The van der Waals surface area contributed by atoms with Crippen LogP contribution in [0, 0.1) is 11.8 Å². The topological polar surface area (TPSA) is 20.2 Å². The summed E-state index contributed by atoms with van der Waals surface area (Å²) < 4.78 is 1.07. The maximum atomic E-state index is 10.1. The van der Waals surface area contributed by atoms with Crippen LogP contribution in [0.5, 0.6) is 0 Å². The third kappa shape index (κ3) is 3.13. The van der Waals surface area contributed by atoms with Crippen LogP contribution in [0.25, 0.3) is 10.8 Å². The average Bonchev–Trinajstić information content (AvgIpc) is 2.38. The summed E-state index contributed by atoms with van der Waals surface area (Å²) in [5, 5.41) is 12.4. The van der Waals surface area contributed by atoms with Crippen molar-refractivity contribution in [3.05, 3.63) is 46.4 Å². The predicted molar refractivity (Wildman–Crippen MR) is 79.3 cm³/mol. The fourth-order valence-corrected chi connectivity index (χ4v) is 2.32. The van der Waals surface area contributed by atoms with Crippen molar-refractivity contribution in [3.63, 3.8) is 0 Å². The lowest BCUT2D eigenvalue weighted by molar-refractivity contribution is 0.169. The normalized spacial score (nSPS) is 11.9. The molecule has 0 spiro atoms. The number of aliphatic hydroxyl groups excluding tert-OH is 1. The van der Waals surface area contributed by atoms with Gasteiger partial charge in [-0.25, -0.2) is 0 Å². The molecule has 0 fully saturated rings. The molecule has 18 heavy (non-hydrogen) atoms. The first-order valence-corrected chi connectivity index (χ1v) is 6.77. The Morgan fingerprint density at radius 1 is 1.17 bits per heavy atom. The number of hydrogen-bond donors (Lipinski definition) is 1. The van der Waals surface area contributed by atoms with Gasteiger partial charge in [0.05, 0.1) is 6.10 Å². The molecular weight excluding hydrogens is 288 g/mol. The third-order valence-electron chi connectivity index (χ3n) is 2.93. The summed E-state index contributed by atoms with van der Waals surface area (Å²) in [6.45, 7) is 1.82. The quantitative estimate of drug-likeness (QED) is 0.831. The van der Waals surface area contributed by atoms with Crippen molar-refractivity contribution >= 4 is 26.7 Å². The molecule has 0 saturated heterocycles. The molecule has 2 aromatic rings. The second-order valence-corrected chi connectivity index (χ2v) is 5.15. The molecule has 0 aliphatic rings. The number of aliphatic hydroxyl groups is 1. The smallest absolute Gasteiger partial charge is 0.0799 e. The van der Waals surface area contributed by atoms with Gasteiger partial charge in [0.1, 0.15) is 0 Å². The van der Waals surface area contributed by atoms with Gasteiger partial charge in [0, 0.05) is 10.9 Å². The summed E-state index contributed by atoms with van der Waals surface area (Å²) >= 11 is 3.46. The summed E-state index contributed by atoms with van der Waals surface area (Å²) in [6.07, 6.45) is 0.984. The zero-order valence-corrected chi connectivity index (χ0v) is 11.9. The Balaban J connectivity index is 2.23. The second-order valence-electron chi connectivity index (χ2n) is 4.23. The molecule has 1 N–H and O–H groups in total. The number of hydrogen-bond acceptors (Lipinski definition) is 1. The van der Waals surface area contributed by atoms with Gasteiger partial charge in [0.15, 0.2) is 0 Å². The van der Waals surface area contributed by atoms with Gasteiger partial charge < -0.3 is 5.11 Å². The van der Waals surface area contributed by atoms with E-state index in [1.54, 1.807) is 0 Å². The van der Waals surface area contributed by atoms with E-state index in [2.05, 4.69) is 39.9 Å². The molecule has 2 aromatic carbocycles. The highest BCUT2D eigenvalue weighted by molar-refractivity contribution is 9.10. The molecule has 0 radical (unpaired) electrons. The van der Waals surface area contributed by atoms with Crippen LogP contribution in [0.15, 0.2) is 40.9 Å². The van der Waals surface area contributed by atoms with Gasteiger partial charge in [-0.1, -0.05) is 34.1 Å². The Morgan fingerprint density at radius 2 is 1.89 bits per heavy atom. The van der Waals surface area contributed by atoms with E-state index in [1.165, 1.54) is 5.39 Å². The first-order chi connectivity index (χ1) is 8.70. The van der Waals surface area contributed by atoms with Gasteiger partial charge in [-0.05, 0) is 47.9 Å². The fourth-order valence-electron chi connectivity index (χ4n) is 1.94. The Labute approximate surface area is 116 Å². The number of fused-ring (bicyclic) bond motifs is 1. The van der Waals surface area contributed by atoms with Crippen molar-refractivity contribution in [3.8, 4) is 11.8 Å². The third-order valence-corrected chi connectivity index (χ3v) is 3.42. The monoisotopic (exact) mass is 302 g/mol. The summed E-state index contributed by atoms with van der Waals surface area (Å²) in [5.41, 5.74) is 0.961. The molecule has 0 heterocycles. The van der Waals surface area contributed by atoms with Gasteiger partial charge in [-0.2, -0.15) is 0 Å². The highest BCUT2D eigenvalue weighted by atomic mass is 79.9. The lowest BCUT2D eigenvalue weighted by Gasteiger charge is -2.10. The summed E-state index contributed by atoms with van der Waals surface area (Å²) in [5.74, 6) is 5.82. The molecule has 2 heteroatoms. The molecule has 1 nitrogen and oxygen atoms in total. The minimum Gasteiger partial charge on any atom is -0.388 e. The van der Waals surface area contributed by atoms with Gasteiger partial charge in [-0.3, -0.25) is 0 Å². The maximum absolute atomic E-state index is 10.1. The summed E-state index contributed by atoms with van der Waals surface area (Å²) in [4.78, 5) is 0. The standard InChI is InChI=1S/C16H15BrO/c1-2-3-4-5-16(18)14-7-6-13-11-15(17)9-8-12(13)10-14/h6-11,16,18H,4-5H2,1H3. The zero-order chi connectivity index (χ0) is 13.0. The van der Waals surface area contributed by atoms with Crippen LogP contribution >= 0.6 is 15.9 Å². The van der Waals surface area contributed by atoms with Crippen LogP contribution in [-0.4, -0.2) is 5.11 Å². The molecule has 2 rings (SSSR count). The Hall–Kier alpha value is -1.30. The van der Waals surface area contributed by atoms with Crippen LogP contribution in [0.3, 0.4) is 0 Å². The summed E-state index contributed by atoms with van der Waals surface area (Å²) in [7, 11) is 0. The lowest BCUT2D eigenvalue weighted by atomic mass is 10.0. The molecule has 0 aliphatic carbocycles. The summed E-state index contributed by atoms with van der Waals surface area (Å²) in [6, 6.07) is 12.2. The second kappa shape index (κ2) is 6.04. The predicted octanol–water partition coefficient (Wildman–Crippen LogP) is 4.44. The maximum Gasteiger partial charge on any atom is 0.0799 e. The molecular formula is C16H15BrO. The van der Waals surface area contributed by atoms with Crippen molar-refractivity contribution in [2.45, 2.75) is 25.9 Å². The Kier molecular flexibility index (Phi) is 4.41. The van der Waals surface area contributed by atoms with Gasteiger partial charge >= 0.3 is 0 Å². The molecule has 1 atom stereocenters. The van der Waals surface area contributed by atoms with Gasteiger partial charge in [-0.15, -0.1) is 11.8 Å². The molecule has 0 aliphatic heterocycles. The minimum atomic E-state index is -0.432. The highest BCUT2D eigenvalue weighted by Crippen LogP contribution is 2.25. The van der Waals surface area contributed by atoms with E-state index in [4.69, 9.17) is 0 Å². The van der Waals surface area contributed by atoms with E-state index in [9.17, 15) is 5.11 Å². The average molecular weight is 303 g/mol. The van der Waals surface area contributed by atoms with E-state index in [-0.39, 0.29) is 0 Å².